The minimum atomic E-state index is -0.268. The zero-order valence-corrected chi connectivity index (χ0v) is 11.5. The van der Waals surface area contributed by atoms with Crippen LogP contribution in [0.4, 0.5) is 0 Å². The Balaban J connectivity index is 2.60. The average molecular weight is 266 g/mol. The first-order chi connectivity index (χ1) is 9.08. The molecule has 0 aliphatic carbocycles. The van der Waals surface area contributed by atoms with Gasteiger partial charge < -0.3 is 20.9 Å². The molecule has 5 heteroatoms. The van der Waals surface area contributed by atoms with Crippen LogP contribution in [0.25, 0.3) is 0 Å². The van der Waals surface area contributed by atoms with E-state index in [-0.39, 0.29) is 11.9 Å². The third-order valence-electron chi connectivity index (χ3n) is 3.03. The van der Waals surface area contributed by atoms with Gasteiger partial charge in [-0.25, -0.2) is 0 Å². The third-order valence-corrected chi connectivity index (χ3v) is 3.03. The predicted molar refractivity (Wildman–Crippen MR) is 74.1 cm³/mol. The van der Waals surface area contributed by atoms with E-state index in [1.54, 1.807) is 14.2 Å². The van der Waals surface area contributed by atoms with Crippen LogP contribution < -0.4 is 20.9 Å². The maximum atomic E-state index is 10.6. The minimum absolute atomic E-state index is 0.117. The zero-order chi connectivity index (χ0) is 14.3. The average Bonchev–Trinajstić information content (AvgIpc) is 2.42. The molecule has 1 aromatic carbocycles. The second kappa shape index (κ2) is 7.63. The summed E-state index contributed by atoms with van der Waals surface area (Å²) in [5.41, 5.74) is 12.2. The van der Waals surface area contributed by atoms with Gasteiger partial charge >= 0.3 is 0 Å². The van der Waals surface area contributed by atoms with Gasteiger partial charge in [-0.15, -0.1) is 0 Å². The van der Waals surface area contributed by atoms with Gasteiger partial charge in [0.15, 0.2) is 0 Å². The molecule has 106 valence electrons. The number of hydrogen-bond acceptors (Lipinski definition) is 4. The number of amides is 1. The lowest BCUT2D eigenvalue weighted by atomic mass is 10.00. The van der Waals surface area contributed by atoms with Crippen LogP contribution in [0.1, 0.15) is 37.3 Å². The smallest absolute Gasteiger partial charge is 0.217 e. The lowest BCUT2D eigenvalue weighted by Crippen LogP contribution is -2.13. The predicted octanol–water partition coefficient (Wildman–Crippen LogP) is 1.75. The minimum Gasteiger partial charge on any atom is -0.497 e. The van der Waals surface area contributed by atoms with Crippen molar-refractivity contribution in [2.45, 2.75) is 31.7 Å². The normalized spacial score (nSPS) is 11.9. The second-order valence-electron chi connectivity index (χ2n) is 4.43. The van der Waals surface area contributed by atoms with Crippen LogP contribution in [0.15, 0.2) is 18.2 Å². The molecule has 0 radical (unpaired) electrons. The topological polar surface area (TPSA) is 87.6 Å². The van der Waals surface area contributed by atoms with Crippen molar-refractivity contribution in [3.05, 3.63) is 23.8 Å². The SMILES string of the molecule is COc1ccc(C(N)CCCCC(N)=O)c(OC)c1. The van der Waals surface area contributed by atoms with Gasteiger partial charge in [0, 0.05) is 24.1 Å². The summed E-state index contributed by atoms with van der Waals surface area (Å²) < 4.78 is 10.5. The number of benzene rings is 1. The number of unbranched alkanes of at least 4 members (excludes halogenated alkanes) is 1. The van der Waals surface area contributed by atoms with Gasteiger partial charge in [0.25, 0.3) is 0 Å². The Kier molecular flexibility index (Phi) is 6.15. The molecular weight excluding hydrogens is 244 g/mol. The summed E-state index contributed by atoms with van der Waals surface area (Å²) in [6.07, 6.45) is 2.82. The molecule has 0 aromatic heterocycles. The first-order valence-corrected chi connectivity index (χ1v) is 6.34. The van der Waals surface area contributed by atoms with Gasteiger partial charge in [-0.2, -0.15) is 0 Å². The van der Waals surface area contributed by atoms with Crippen molar-refractivity contribution in [2.24, 2.45) is 11.5 Å². The van der Waals surface area contributed by atoms with Crippen molar-refractivity contribution in [1.29, 1.82) is 0 Å². The molecule has 0 saturated heterocycles. The van der Waals surface area contributed by atoms with Crippen molar-refractivity contribution in [2.75, 3.05) is 14.2 Å². The Morgan fingerprint density at radius 1 is 1.26 bits per heavy atom. The summed E-state index contributed by atoms with van der Waals surface area (Å²) in [6.45, 7) is 0. The largest absolute Gasteiger partial charge is 0.497 e. The molecule has 0 aliphatic rings. The lowest BCUT2D eigenvalue weighted by molar-refractivity contribution is -0.118. The Morgan fingerprint density at radius 2 is 2.00 bits per heavy atom. The molecule has 19 heavy (non-hydrogen) atoms. The number of carbonyl (C=O) groups is 1. The van der Waals surface area contributed by atoms with E-state index < -0.39 is 0 Å². The molecule has 1 atom stereocenters. The van der Waals surface area contributed by atoms with Crippen LogP contribution in [0.2, 0.25) is 0 Å². The summed E-state index contributed by atoms with van der Waals surface area (Å²) in [4.78, 5) is 10.6. The number of ether oxygens (including phenoxy) is 2. The van der Waals surface area contributed by atoms with Gasteiger partial charge in [0.2, 0.25) is 5.91 Å². The van der Waals surface area contributed by atoms with Gasteiger partial charge in [-0.1, -0.05) is 12.5 Å². The van der Waals surface area contributed by atoms with E-state index in [1.807, 2.05) is 18.2 Å². The summed E-state index contributed by atoms with van der Waals surface area (Å²) in [5.74, 6) is 1.19. The molecule has 1 rings (SSSR count). The molecule has 1 amide bonds. The molecular formula is C14H22N2O3. The number of methoxy groups -OCH3 is 2. The summed E-state index contributed by atoms with van der Waals surface area (Å²) in [6, 6.07) is 5.48. The number of rotatable bonds is 8. The van der Waals surface area contributed by atoms with Gasteiger partial charge in [0.05, 0.1) is 14.2 Å². The zero-order valence-electron chi connectivity index (χ0n) is 11.5. The maximum Gasteiger partial charge on any atom is 0.217 e. The second-order valence-corrected chi connectivity index (χ2v) is 4.43. The summed E-state index contributed by atoms with van der Waals surface area (Å²) >= 11 is 0. The fourth-order valence-corrected chi connectivity index (χ4v) is 1.94. The fourth-order valence-electron chi connectivity index (χ4n) is 1.94. The molecule has 0 aliphatic heterocycles. The van der Waals surface area contributed by atoms with E-state index in [0.29, 0.717) is 6.42 Å². The highest BCUT2D eigenvalue weighted by Gasteiger charge is 2.12. The van der Waals surface area contributed by atoms with E-state index in [0.717, 1.165) is 36.3 Å². The monoisotopic (exact) mass is 266 g/mol. The van der Waals surface area contributed by atoms with Crippen LogP contribution >= 0.6 is 0 Å². The van der Waals surface area contributed by atoms with Crippen molar-refractivity contribution >= 4 is 5.91 Å². The Hall–Kier alpha value is -1.75. The molecule has 0 bridgehead atoms. The number of hydrogen-bond donors (Lipinski definition) is 2. The number of nitrogens with two attached hydrogens (primary N) is 2. The molecule has 0 saturated carbocycles. The number of primary amides is 1. The van der Waals surface area contributed by atoms with Crippen LogP contribution in [0, 0.1) is 0 Å². The van der Waals surface area contributed by atoms with Gasteiger partial charge in [-0.05, 0) is 18.9 Å². The van der Waals surface area contributed by atoms with Crippen LogP contribution in [0.5, 0.6) is 11.5 Å². The maximum absolute atomic E-state index is 10.6. The van der Waals surface area contributed by atoms with Crippen molar-refractivity contribution in [3.63, 3.8) is 0 Å². The van der Waals surface area contributed by atoms with E-state index in [9.17, 15) is 4.79 Å². The molecule has 4 N–H and O–H groups in total. The van der Waals surface area contributed by atoms with Crippen molar-refractivity contribution < 1.29 is 14.3 Å². The van der Waals surface area contributed by atoms with E-state index >= 15 is 0 Å². The first-order valence-electron chi connectivity index (χ1n) is 6.34. The van der Waals surface area contributed by atoms with E-state index in [1.165, 1.54) is 0 Å². The first kappa shape index (κ1) is 15.3. The van der Waals surface area contributed by atoms with Gasteiger partial charge in [-0.3, -0.25) is 4.79 Å². The fraction of sp³-hybridized carbons (Fsp3) is 0.500. The molecule has 0 heterocycles. The third kappa shape index (κ3) is 4.79. The highest BCUT2D eigenvalue weighted by atomic mass is 16.5. The molecule has 1 unspecified atom stereocenters. The Morgan fingerprint density at radius 3 is 2.58 bits per heavy atom. The Labute approximate surface area is 113 Å². The van der Waals surface area contributed by atoms with Crippen molar-refractivity contribution in [3.8, 4) is 11.5 Å². The van der Waals surface area contributed by atoms with Crippen molar-refractivity contribution in [1.82, 2.24) is 0 Å². The molecule has 1 aromatic rings. The molecule has 0 fully saturated rings. The van der Waals surface area contributed by atoms with Crippen LogP contribution in [-0.2, 0) is 4.79 Å². The van der Waals surface area contributed by atoms with E-state index in [4.69, 9.17) is 20.9 Å². The highest BCUT2D eigenvalue weighted by Crippen LogP contribution is 2.30. The number of carbonyl (C=O) groups excluding carboxylic acids is 1. The quantitative estimate of drug-likeness (QED) is 0.702. The highest BCUT2D eigenvalue weighted by molar-refractivity contribution is 5.73. The summed E-state index contributed by atoms with van der Waals surface area (Å²) in [5, 5.41) is 0. The van der Waals surface area contributed by atoms with Crippen LogP contribution in [0.3, 0.4) is 0 Å². The van der Waals surface area contributed by atoms with Crippen LogP contribution in [-0.4, -0.2) is 20.1 Å². The Bertz CT molecular complexity index is 421. The molecule has 0 spiro atoms. The van der Waals surface area contributed by atoms with Gasteiger partial charge in [0.1, 0.15) is 11.5 Å². The lowest BCUT2D eigenvalue weighted by Gasteiger charge is -2.16. The standard InChI is InChI=1S/C14H22N2O3/c1-18-10-7-8-11(13(9-10)19-2)12(15)5-3-4-6-14(16)17/h7-9,12H,3-6,15H2,1-2H3,(H2,16,17). The summed E-state index contributed by atoms with van der Waals surface area (Å²) in [7, 11) is 3.22. The molecule has 5 nitrogen and oxygen atoms in total. The van der Waals surface area contributed by atoms with E-state index in [2.05, 4.69) is 0 Å².